The monoisotopic (exact) mass is 356 g/mol. The highest BCUT2D eigenvalue weighted by atomic mass is 16.6. The molecule has 1 aromatic heterocycles. The van der Waals surface area contributed by atoms with Crippen molar-refractivity contribution in [3.8, 4) is 6.07 Å². The second kappa shape index (κ2) is 7.51. The normalized spacial score (nSPS) is 27.4. The van der Waals surface area contributed by atoms with E-state index < -0.39 is 0 Å². The van der Waals surface area contributed by atoms with Crippen molar-refractivity contribution in [3.05, 3.63) is 47.3 Å². The number of nitrogens with two attached hydrogens (primary N) is 1. The van der Waals surface area contributed by atoms with Crippen molar-refractivity contribution in [1.82, 2.24) is 15.0 Å². The van der Waals surface area contributed by atoms with E-state index in [1.165, 1.54) is 0 Å². The van der Waals surface area contributed by atoms with Crippen LogP contribution in [0.15, 0.2) is 30.5 Å². The lowest BCUT2D eigenvalue weighted by Crippen LogP contribution is -2.91. The number of fused-ring (bicyclic) bond motifs is 1. The Hall–Kier alpha value is -2.31. The molecule has 1 aromatic carbocycles. The van der Waals surface area contributed by atoms with Crippen LogP contribution < -0.4 is 5.32 Å². The lowest BCUT2D eigenvalue weighted by molar-refractivity contribution is -0.707. The third-order valence-electron chi connectivity index (χ3n) is 4.97. The van der Waals surface area contributed by atoms with Crippen LogP contribution >= 0.6 is 0 Å². The maximum atomic E-state index is 9.02. The quantitative estimate of drug-likeness (QED) is 0.767. The summed E-state index contributed by atoms with van der Waals surface area (Å²) >= 11 is 0. The number of hydrogen-bond acceptors (Lipinski definition) is 6. The minimum absolute atomic E-state index is 0.0150. The molecular formula is C18H22N5O3+. The van der Waals surface area contributed by atoms with E-state index in [0.717, 1.165) is 17.8 Å². The fourth-order valence-electron chi connectivity index (χ4n) is 3.68. The van der Waals surface area contributed by atoms with Gasteiger partial charge in [-0.1, -0.05) is 17.3 Å². The molecule has 3 heterocycles. The number of quaternary nitrogens is 1. The first kappa shape index (κ1) is 17.1. The molecule has 0 aliphatic carbocycles. The van der Waals surface area contributed by atoms with Crippen LogP contribution in [0.4, 0.5) is 0 Å². The van der Waals surface area contributed by atoms with Crippen LogP contribution in [0, 0.1) is 11.3 Å². The molecule has 4 rings (SSSR count). The van der Waals surface area contributed by atoms with E-state index in [9.17, 15) is 0 Å². The summed E-state index contributed by atoms with van der Waals surface area (Å²) in [5.74, 6) is 0. The summed E-state index contributed by atoms with van der Waals surface area (Å²) in [4.78, 5) is 0. The largest absolute Gasteiger partial charge is 0.378 e. The molecule has 2 fully saturated rings. The molecule has 0 bridgehead atoms. The van der Waals surface area contributed by atoms with Crippen LogP contribution in [-0.2, 0) is 27.4 Å². The number of nitriles is 1. The van der Waals surface area contributed by atoms with Crippen molar-refractivity contribution in [3.63, 3.8) is 0 Å². The second-order valence-corrected chi connectivity index (χ2v) is 6.70. The molecular weight excluding hydrogens is 334 g/mol. The molecule has 2 N–H and O–H groups in total. The first-order chi connectivity index (χ1) is 12.8. The van der Waals surface area contributed by atoms with Gasteiger partial charge in [0.15, 0.2) is 0 Å². The molecule has 2 aliphatic rings. The van der Waals surface area contributed by atoms with E-state index in [0.29, 0.717) is 25.4 Å². The van der Waals surface area contributed by atoms with Gasteiger partial charge in [-0.3, -0.25) is 0 Å². The van der Waals surface area contributed by atoms with Gasteiger partial charge < -0.3 is 19.5 Å². The lowest BCUT2D eigenvalue weighted by atomic mass is 10.1. The Bertz CT molecular complexity index is 802. The van der Waals surface area contributed by atoms with E-state index in [2.05, 4.69) is 21.7 Å². The fourth-order valence-corrected chi connectivity index (χ4v) is 3.68. The van der Waals surface area contributed by atoms with Crippen LogP contribution in [0.25, 0.3) is 0 Å². The molecule has 136 valence electrons. The minimum Gasteiger partial charge on any atom is -0.378 e. The molecule has 2 aliphatic heterocycles. The Balaban J connectivity index is 1.37. The average Bonchev–Trinajstić information content (AvgIpc) is 3.37. The SMILES string of the molecule is COCc1cn([C@H]2CO[C@H]3[C@@H]2OC[C@@H]3[NH2+]Cc2cccc(C#N)c2)nn1. The van der Waals surface area contributed by atoms with E-state index in [1.807, 2.05) is 35.1 Å². The van der Waals surface area contributed by atoms with Gasteiger partial charge >= 0.3 is 0 Å². The lowest BCUT2D eigenvalue weighted by Gasteiger charge is -2.15. The summed E-state index contributed by atoms with van der Waals surface area (Å²) in [7, 11) is 1.64. The second-order valence-electron chi connectivity index (χ2n) is 6.70. The molecule has 0 radical (unpaired) electrons. The van der Waals surface area contributed by atoms with Gasteiger partial charge in [-0.15, -0.1) is 5.10 Å². The molecule has 4 atom stereocenters. The van der Waals surface area contributed by atoms with Gasteiger partial charge in [0, 0.05) is 12.7 Å². The topological polar surface area (TPSA) is 98.8 Å². The zero-order valence-corrected chi connectivity index (χ0v) is 14.6. The van der Waals surface area contributed by atoms with Crippen molar-refractivity contribution >= 4 is 0 Å². The first-order valence-corrected chi connectivity index (χ1v) is 8.73. The summed E-state index contributed by atoms with van der Waals surface area (Å²) < 4.78 is 19.0. The molecule has 0 amide bonds. The zero-order valence-electron chi connectivity index (χ0n) is 14.6. The standard InChI is InChI=1S/C18H21N5O3/c1-24-9-14-8-23(22-21-14)16-11-26-17-15(10-25-18(16)17)20-7-13-4-2-3-12(5-13)6-19/h2-5,8,15-18,20H,7,9-11H2,1H3/p+1/t15-,16-,17+,18+/m0/s1. The van der Waals surface area contributed by atoms with Crippen molar-refractivity contribution in [2.45, 2.75) is 37.4 Å². The van der Waals surface area contributed by atoms with Gasteiger partial charge in [0.05, 0.1) is 31.0 Å². The van der Waals surface area contributed by atoms with Crippen LogP contribution in [0.1, 0.15) is 22.9 Å². The maximum absolute atomic E-state index is 9.02. The Morgan fingerprint density at radius 1 is 1.35 bits per heavy atom. The Morgan fingerprint density at radius 3 is 3.08 bits per heavy atom. The van der Waals surface area contributed by atoms with Crippen LogP contribution in [0.3, 0.4) is 0 Å². The zero-order chi connectivity index (χ0) is 17.9. The van der Waals surface area contributed by atoms with Gasteiger partial charge in [0.2, 0.25) is 0 Å². The van der Waals surface area contributed by atoms with Crippen molar-refractivity contribution in [2.24, 2.45) is 0 Å². The third-order valence-corrected chi connectivity index (χ3v) is 4.97. The molecule has 2 saturated heterocycles. The van der Waals surface area contributed by atoms with Gasteiger partial charge in [-0.2, -0.15) is 5.26 Å². The summed E-state index contributed by atoms with van der Waals surface area (Å²) in [6.45, 7) is 2.45. The molecule has 8 nitrogen and oxygen atoms in total. The van der Waals surface area contributed by atoms with Crippen LogP contribution in [0.5, 0.6) is 0 Å². The van der Waals surface area contributed by atoms with Crippen LogP contribution in [-0.4, -0.2) is 53.6 Å². The third kappa shape index (κ3) is 3.34. The molecule has 2 aromatic rings. The molecule has 26 heavy (non-hydrogen) atoms. The van der Waals surface area contributed by atoms with Crippen molar-refractivity contribution in [2.75, 3.05) is 20.3 Å². The number of aromatic nitrogens is 3. The highest BCUT2D eigenvalue weighted by Gasteiger charge is 2.50. The highest BCUT2D eigenvalue weighted by Crippen LogP contribution is 2.32. The van der Waals surface area contributed by atoms with Gasteiger partial charge in [-0.25, -0.2) is 4.68 Å². The fraction of sp³-hybridized carbons (Fsp3) is 0.500. The van der Waals surface area contributed by atoms with E-state index in [4.69, 9.17) is 19.5 Å². The number of benzene rings is 1. The number of ether oxygens (including phenoxy) is 3. The average molecular weight is 356 g/mol. The molecule has 0 spiro atoms. The summed E-state index contributed by atoms with van der Waals surface area (Å²) in [6, 6.07) is 10.2. The van der Waals surface area contributed by atoms with Crippen molar-refractivity contribution < 1.29 is 19.5 Å². The summed E-state index contributed by atoms with van der Waals surface area (Å²) in [5, 5.41) is 19.6. The summed E-state index contributed by atoms with van der Waals surface area (Å²) in [5.41, 5.74) is 2.61. The number of nitrogens with zero attached hydrogens (tertiary/aromatic N) is 4. The Labute approximate surface area is 151 Å². The predicted molar refractivity (Wildman–Crippen MR) is 89.8 cm³/mol. The van der Waals surface area contributed by atoms with Gasteiger partial charge in [-0.05, 0) is 12.1 Å². The molecule has 0 unspecified atom stereocenters. The Morgan fingerprint density at radius 2 is 2.23 bits per heavy atom. The van der Waals surface area contributed by atoms with Crippen LogP contribution in [0.2, 0.25) is 0 Å². The van der Waals surface area contributed by atoms with E-state index >= 15 is 0 Å². The Kier molecular flexibility index (Phi) is 4.95. The maximum Gasteiger partial charge on any atom is 0.140 e. The van der Waals surface area contributed by atoms with E-state index in [1.54, 1.807) is 7.11 Å². The number of rotatable bonds is 6. The number of hydrogen-bond donors (Lipinski definition) is 1. The predicted octanol–water partition coefficient (Wildman–Crippen LogP) is -0.233. The van der Waals surface area contributed by atoms with Crippen molar-refractivity contribution in [1.29, 1.82) is 5.26 Å². The molecule has 0 saturated carbocycles. The summed E-state index contributed by atoms with van der Waals surface area (Å²) in [6.07, 6.45) is 1.92. The van der Waals surface area contributed by atoms with E-state index in [-0.39, 0.29) is 24.3 Å². The molecule has 8 heteroatoms. The highest BCUT2D eigenvalue weighted by molar-refractivity contribution is 5.32. The first-order valence-electron chi connectivity index (χ1n) is 8.73. The number of methoxy groups -OCH3 is 1. The van der Waals surface area contributed by atoms with Gasteiger partial charge in [0.1, 0.15) is 43.1 Å². The minimum atomic E-state index is -0.0150. The smallest absolute Gasteiger partial charge is 0.140 e. The van der Waals surface area contributed by atoms with Gasteiger partial charge in [0.25, 0.3) is 0 Å².